The van der Waals surface area contributed by atoms with Crippen LogP contribution in [0.3, 0.4) is 0 Å². The lowest BCUT2D eigenvalue weighted by atomic mass is 9.98. The second kappa shape index (κ2) is 9.41. The molecule has 4 aromatic rings. The number of ether oxygens (including phenoxy) is 1. The minimum atomic E-state index is -0.329. The molecule has 1 N–H and O–H groups in total. The third-order valence-corrected chi connectivity index (χ3v) is 7.38. The Hall–Kier alpha value is -3.67. The predicted octanol–water partition coefficient (Wildman–Crippen LogP) is 6.36. The number of nitrogens with zero attached hydrogens (tertiary/aromatic N) is 3. The highest BCUT2D eigenvalue weighted by Crippen LogP contribution is 2.35. The van der Waals surface area contributed by atoms with Crippen LogP contribution >= 0.6 is 0 Å². The van der Waals surface area contributed by atoms with E-state index in [4.69, 9.17) is 15.1 Å². The van der Waals surface area contributed by atoms with Gasteiger partial charge in [0.25, 0.3) is 0 Å². The number of piperidine rings is 1. The molecule has 0 bridgehead atoms. The molecule has 1 aliphatic carbocycles. The fourth-order valence-electron chi connectivity index (χ4n) is 5.20. The number of para-hydroxylation sites is 2. The van der Waals surface area contributed by atoms with Gasteiger partial charge in [-0.2, -0.15) is 0 Å². The summed E-state index contributed by atoms with van der Waals surface area (Å²) in [5.41, 5.74) is 4.95. The van der Waals surface area contributed by atoms with Crippen molar-refractivity contribution < 1.29 is 9.13 Å². The molecule has 1 aliphatic heterocycles. The molecule has 184 valence electrons. The van der Waals surface area contributed by atoms with E-state index < -0.39 is 0 Å². The van der Waals surface area contributed by atoms with Crippen molar-refractivity contribution in [3.63, 3.8) is 0 Å². The fourth-order valence-corrected chi connectivity index (χ4v) is 5.20. The highest BCUT2D eigenvalue weighted by Gasteiger charge is 2.28. The van der Waals surface area contributed by atoms with Crippen molar-refractivity contribution in [2.75, 3.05) is 18.0 Å². The maximum Gasteiger partial charge on any atom is 0.206 e. The van der Waals surface area contributed by atoms with Gasteiger partial charge in [0, 0.05) is 43.6 Å². The topological polar surface area (TPSA) is 54.1 Å². The molecule has 2 aliphatic rings. The van der Waals surface area contributed by atoms with Crippen LogP contribution in [0.2, 0.25) is 0 Å². The summed E-state index contributed by atoms with van der Waals surface area (Å²) in [4.78, 5) is 7.41. The van der Waals surface area contributed by atoms with Crippen molar-refractivity contribution >= 4 is 22.7 Å². The number of imidazole rings is 1. The lowest BCUT2D eigenvalue weighted by Gasteiger charge is -2.33. The van der Waals surface area contributed by atoms with Gasteiger partial charge in [-0.15, -0.1) is 0 Å². The minimum Gasteiger partial charge on any atom is -0.490 e. The van der Waals surface area contributed by atoms with Crippen molar-refractivity contribution in [1.82, 2.24) is 9.55 Å². The lowest BCUT2D eigenvalue weighted by molar-refractivity contribution is 0.170. The fraction of sp³-hybridized carbons (Fsp3) is 0.333. The molecule has 1 aromatic heterocycles. The quantitative estimate of drug-likeness (QED) is 0.312. The van der Waals surface area contributed by atoms with Crippen LogP contribution in [0.15, 0.2) is 66.7 Å². The Morgan fingerprint density at radius 1 is 1.00 bits per heavy atom. The number of fused-ring (bicyclic) bond motifs is 1. The van der Waals surface area contributed by atoms with E-state index in [2.05, 4.69) is 33.7 Å². The molecule has 6 heteroatoms. The van der Waals surface area contributed by atoms with Crippen LogP contribution in [-0.2, 0) is 6.54 Å². The van der Waals surface area contributed by atoms with E-state index in [9.17, 15) is 4.39 Å². The first-order valence-corrected chi connectivity index (χ1v) is 12.9. The monoisotopic (exact) mass is 482 g/mol. The maximum atomic E-state index is 13.6. The molecular weight excluding hydrogens is 451 g/mol. The summed E-state index contributed by atoms with van der Waals surface area (Å²) in [5, 5.41) is 8.52. The Bertz CT molecular complexity index is 1420. The number of hydrogen-bond acceptors (Lipinski definition) is 4. The summed E-state index contributed by atoms with van der Waals surface area (Å²) in [6.07, 6.45) is 4.67. The average Bonchev–Trinajstić information content (AvgIpc) is 3.64. The van der Waals surface area contributed by atoms with Gasteiger partial charge in [0.15, 0.2) is 0 Å². The van der Waals surface area contributed by atoms with Crippen LogP contribution in [0.4, 0.5) is 10.3 Å². The smallest absolute Gasteiger partial charge is 0.206 e. The summed E-state index contributed by atoms with van der Waals surface area (Å²) < 4.78 is 22.4. The van der Waals surface area contributed by atoms with Crippen molar-refractivity contribution in [2.45, 2.75) is 45.3 Å². The van der Waals surface area contributed by atoms with Gasteiger partial charge in [0.2, 0.25) is 5.95 Å². The van der Waals surface area contributed by atoms with Gasteiger partial charge in [-0.3, -0.25) is 5.41 Å². The van der Waals surface area contributed by atoms with E-state index in [-0.39, 0.29) is 11.9 Å². The maximum absolute atomic E-state index is 13.6. The molecule has 3 aromatic carbocycles. The van der Waals surface area contributed by atoms with E-state index in [0.29, 0.717) is 11.3 Å². The molecule has 0 amide bonds. The Kier molecular flexibility index (Phi) is 5.96. The molecule has 1 saturated heterocycles. The highest BCUT2D eigenvalue weighted by molar-refractivity contribution is 6.11. The second-order valence-corrected chi connectivity index (χ2v) is 10.1. The number of anilines is 1. The molecule has 0 radical (unpaired) electrons. The molecule has 5 nitrogen and oxygen atoms in total. The number of halogens is 1. The van der Waals surface area contributed by atoms with Gasteiger partial charge in [-0.05, 0) is 73.7 Å². The van der Waals surface area contributed by atoms with Crippen LogP contribution < -0.4 is 9.64 Å². The number of nitrogens with one attached hydrogen (secondary N) is 1. The molecule has 0 unspecified atom stereocenters. The second-order valence-electron chi connectivity index (χ2n) is 10.1. The molecular formula is C30H31FN4O. The van der Waals surface area contributed by atoms with Gasteiger partial charge >= 0.3 is 0 Å². The summed E-state index contributed by atoms with van der Waals surface area (Å²) in [5.74, 6) is 2.38. The van der Waals surface area contributed by atoms with Crippen LogP contribution in [0.25, 0.3) is 11.0 Å². The number of rotatable bonds is 7. The van der Waals surface area contributed by atoms with Crippen molar-refractivity contribution in [2.24, 2.45) is 5.92 Å². The third-order valence-electron chi connectivity index (χ3n) is 7.38. The summed E-state index contributed by atoms with van der Waals surface area (Å²) in [6.45, 7) is 4.87. The van der Waals surface area contributed by atoms with Crippen LogP contribution in [0, 0.1) is 24.1 Å². The summed E-state index contributed by atoms with van der Waals surface area (Å²) in [7, 11) is 0. The largest absolute Gasteiger partial charge is 0.490 e. The van der Waals surface area contributed by atoms with Crippen LogP contribution in [0.1, 0.15) is 42.4 Å². The zero-order chi connectivity index (χ0) is 24.6. The van der Waals surface area contributed by atoms with Crippen molar-refractivity contribution in [1.29, 1.82) is 5.41 Å². The molecule has 1 saturated carbocycles. The first-order chi connectivity index (χ1) is 17.5. The normalized spacial score (nSPS) is 16.4. The molecule has 0 spiro atoms. The zero-order valence-corrected chi connectivity index (χ0v) is 20.6. The Balaban J connectivity index is 1.12. The SMILES string of the molecule is Cc1cc(OC2CCN(c3nc4ccccc4n3CC3CC3)CC2)ccc1C(=N)c1cccc(F)c1. The van der Waals surface area contributed by atoms with Gasteiger partial charge in [0.1, 0.15) is 17.7 Å². The molecule has 36 heavy (non-hydrogen) atoms. The number of hydrogen-bond donors (Lipinski definition) is 1. The molecule has 6 rings (SSSR count). The molecule has 2 fully saturated rings. The van der Waals surface area contributed by atoms with Crippen molar-refractivity contribution in [3.05, 3.63) is 89.2 Å². The first-order valence-electron chi connectivity index (χ1n) is 12.9. The Morgan fingerprint density at radius 3 is 2.56 bits per heavy atom. The van der Waals surface area contributed by atoms with Crippen LogP contribution in [-0.4, -0.2) is 34.5 Å². The number of benzene rings is 3. The van der Waals surface area contributed by atoms with E-state index in [1.54, 1.807) is 12.1 Å². The highest BCUT2D eigenvalue weighted by atomic mass is 19.1. The number of aromatic nitrogens is 2. The predicted molar refractivity (Wildman–Crippen MR) is 142 cm³/mol. The standard InChI is InChI=1S/C30H31FN4O/c1-20-17-25(11-12-26(20)29(32)22-5-4-6-23(31)18-22)36-24-13-15-34(16-14-24)30-33-27-7-2-3-8-28(27)35(30)19-21-9-10-21/h2-8,11-12,17-18,21,24,32H,9-10,13-16,19H2,1H3. The average molecular weight is 483 g/mol. The van der Waals surface area contributed by atoms with E-state index in [0.717, 1.165) is 66.7 Å². The third kappa shape index (κ3) is 4.60. The van der Waals surface area contributed by atoms with Crippen molar-refractivity contribution in [3.8, 4) is 5.75 Å². The molecule has 0 atom stereocenters. The Morgan fingerprint density at radius 2 is 1.81 bits per heavy atom. The van der Waals surface area contributed by atoms with Gasteiger partial charge in [0.05, 0.1) is 16.7 Å². The van der Waals surface area contributed by atoms with Gasteiger partial charge in [-0.25, -0.2) is 9.37 Å². The first kappa shape index (κ1) is 22.8. The summed E-state index contributed by atoms with van der Waals surface area (Å²) in [6, 6.07) is 20.5. The summed E-state index contributed by atoms with van der Waals surface area (Å²) >= 11 is 0. The minimum absolute atomic E-state index is 0.149. The van der Waals surface area contributed by atoms with Crippen LogP contribution in [0.5, 0.6) is 5.75 Å². The lowest BCUT2D eigenvalue weighted by Crippen LogP contribution is -2.39. The Labute approximate surface area is 211 Å². The molecule has 2 heterocycles. The van der Waals surface area contributed by atoms with E-state index in [1.807, 2.05) is 25.1 Å². The zero-order valence-electron chi connectivity index (χ0n) is 20.6. The van der Waals surface area contributed by atoms with E-state index >= 15 is 0 Å². The number of aryl methyl sites for hydroxylation is 1. The van der Waals surface area contributed by atoms with Gasteiger partial charge in [-0.1, -0.05) is 24.3 Å². The van der Waals surface area contributed by atoms with Gasteiger partial charge < -0.3 is 14.2 Å². The van der Waals surface area contributed by atoms with E-state index in [1.165, 1.54) is 30.5 Å².